The normalized spacial score (nSPS) is 19.3. The van der Waals surface area contributed by atoms with Gasteiger partial charge in [-0.25, -0.2) is 8.42 Å². The third-order valence-electron chi connectivity index (χ3n) is 6.31. The lowest BCUT2D eigenvalue weighted by Gasteiger charge is -2.24. The number of hydrogen-bond acceptors (Lipinski definition) is 4. The van der Waals surface area contributed by atoms with E-state index in [0.717, 1.165) is 32.1 Å². The Bertz CT molecular complexity index is 1120. The summed E-state index contributed by atoms with van der Waals surface area (Å²) in [5, 5.41) is 5.87. The minimum atomic E-state index is -3.74. The van der Waals surface area contributed by atoms with Crippen molar-refractivity contribution in [2.24, 2.45) is 0 Å². The lowest BCUT2D eigenvalue weighted by atomic mass is 10.1. The molecule has 1 atom stereocenters. The minimum absolute atomic E-state index is 0.0399. The van der Waals surface area contributed by atoms with E-state index in [1.807, 2.05) is 12.1 Å². The van der Waals surface area contributed by atoms with Crippen LogP contribution in [0.15, 0.2) is 66.1 Å². The first kappa shape index (κ1) is 23.2. The van der Waals surface area contributed by atoms with E-state index < -0.39 is 10.0 Å². The van der Waals surface area contributed by atoms with Gasteiger partial charge in [-0.1, -0.05) is 37.3 Å². The lowest BCUT2D eigenvalue weighted by Crippen LogP contribution is -2.44. The van der Waals surface area contributed by atoms with Crippen molar-refractivity contribution in [2.45, 2.75) is 49.1 Å². The number of rotatable bonds is 6. The fraction of sp³-hybridized carbons (Fsp3) is 0.360. The van der Waals surface area contributed by atoms with E-state index in [1.54, 1.807) is 12.1 Å². The SMILES string of the molecule is C=CC(=O)NC1CCCCN(S(=O)(=O)c2ccc(C(=O)NC3Cc4ccccc4C3)cc2)C1. The van der Waals surface area contributed by atoms with E-state index in [0.29, 0.717) is 12.1 Å². The molecule has 2 aliphatic rings. The van der Waals surface area contributed by atoms with Crippen LogP contribution in [0.5, 0.6) is 0 Å². The smallest absolute Gasteiger partial charge is 0.251 e. The molecule has 0 spiro atoms. The van der Waals surface area contributed by atoms with Gasteiger partial charge in [-0.15, -0.1) is 0 Å². The number of nitrogens with zero attached hydrogens (tertiary/aromatic N) is 1. The van der Waals surface area contributed by atoms with Gasteiger partial charge in [-0.05, 0) is 67.2 Å². The Balaban J connectivity index is 1.41. The van der Waals surface area contributed by atoms with Gasteiger partial charge in [0.1, 0.15) is 0 Å². The van der Waals surface area contributed by atoms with E-state index in [2.05, 4.69) is 29.3 Å². The number of carbonyl (C=O) groups is 2. The summed E-state index contributed by atoms with van der Waals surface area (Å²) in [6.45, 7) is 4.06. The molecule has 0 radical (unpaired) electrons. The van der Waals surface area contributed by atoms with Gasteiger partial charge >= 0.3 is 0 Å². The van der Waals surface area contributed by atoms with Crippen molar-refractivity contribution in [3.8, 4) is 0 Å². The minimum Gasteiger partial charge on any atom is -0.349 e. The summed E-state index contributed by atoms with van der Waals surface area (Å²) in [7, 11) is -3.74. The second-order valence-electron chi connectivity index (χ2n) is 8.64. The van der Waals surface area contributed by atoms with Crippen molar-refractivity contribution in [1.82, 2.24) is 14.9 Å². The standard InChI is InChI=1S/C25H29N3O4S/c1-2-24(29)26-21-9-5-6-14-28(17-21)33(31,32)23-12-10-18(11-13-23)25(30)27-22-15-19-7-3-4-8-20(19)16-22/h2-4,7-8,10-13,21-22H,1,5-6,9,14-17H2,(H,26,29)(H,27,30). The van der Waals surface area contributed by atoms with Crippen molar-refractivity contribution in [3.05, 3.63) is 77.9 Å². The zero-order valence-electron chi connectivity index (χ0n) is 18.5. The Morgan fingerprint density at radius 3 is 2.24 bits per heavy atom. The highest BCUT2D eigenvalue weighted by Crippen LogP contribution is 2.23. The lowest BCUT2D eigenvalue weighted by molar-refractivity contribution is -0.117. The van der Waals surface area contributed by atoms with Gasteiger partial charge in [0.2, 0.25) is 15.9 Å². The van der Waals surface area contributed by atoms with Crippen LogP contribution in [0, 0.1) is 0 Å². The largest absolute Gasteiger partial charge is 0.349 e. The summed E-state index contributed by atoms with van der Waals surface area (Å²) in [5.41, 5.74) is 2.94. The zero-order chi connectivity index (χ0) is 23.4. The molecule has 1 heterocycles. The fourth-order valence-corrected chi connectivity index (χ4v) is 6.08. The molecule has 2 aromatic carbocycles. The van der Waals surface area contributed by atoms with E-state index in [-0.39, 0.29) is 35.3 Å². The first-order valence-electron chi connectivity index (χ1n) is 11.3. The zero-order valence-corrected chi connectivity index (χ0v) is 19.3. The maximum atomic E-state index is 13.2. The number of sulfonamides is 1. The molecule has 1 aliphatic carbocycles. The van der Waals surface area contributed by atoms with E-state index in [4.69, 9.17) is 0 Å². The molecular formula is C25H29N3O4S. The Kier molecular flexibility index (Phi) is 6.95. The van der Waals surface area contributed by atoms with E-state index >= 15 is 0 Å². The number of benzene rings is 2. The Morgan fingerprint density at radius 1 is 0.939 bits per heavy atom. The molecule has 33 heavy (non-hydrogen) atoms. The molecule has 1 saturated heterocycles. The summed E-state index contributed by atoms with van der Waals surface area (Å²) < 4.78 is 27.9. The van der Waals surface area contributed by atoms with Gasteiger partial charge < -0.3 is 10.6 Å². The average Bonchev–Trinajstić information content (AvgIpc) is 3.07. The van der Waals surface area contributed by atoms with E-state index in [9.17, 15) is 18.0 Å². The van der Waals surface area contributed by atoms with Gasteiger partial charge in [-0.3, -0.25) is 9.59 Å². The van der Waals surface area contributed by atoms with Crippen LogP contribution in [-0.4, -0.2) is 49.7 Å². The van der Waals surface area contributed by atoms with Gasteiger partial charge in [0, 0.05) is 30.7 Å². The van der Waals surface area contributed by atoms with Crippen molar-refractivity contribution in [1.29, 1.82) is 0 Å². The van der Waals surface area contributed by atoms with Crippen LogP contribution in [-0.2, 0) is 27.7 Å². The molecule has 1 fully saturated rings. The molecule has 174 valence electrons. The van der Waals surface area contributed by atoms with Crippen LogP contribution >= 0.6 is 0 Å². The predicted octanol–water partition coefficient (Wildman–Crippen LogP) is 2.43. The third kappa shape index (κ3) is 5.34. The molecule has 7 nitrogen and oxygen atoms in total. The number of fused-ring (bicyclic) bond motifs is 1. The predicted molar refractivity (Wildman–Crippen MR) is 126 cm³/mol. The quantitative estimate of drug-likeness (QED) is 0.638. The van der Waals surface area contributed by atoms with Crippen LogP contribution < -0.4 is 10.6 Å². The van der Waals surface area contributed by atoms with Crippen molar-refractivity contribution < 1.29 is 18.0 Å². The maximum absolute atomic E-state index is 13.2. The Morgan fingerprint density at radius 2 is 1.61 bits per heavy atom. The highest BCUT2D eigenvalue weighted by Gasteiger charge is 2.30. The van der Waals surface area contributed by atoms with Gasteiger partial charge in [0.05, 0.1) is 4.90 Å². The molecular weight excluding hydrogens is 438 g/mol. The van der Waals surface area contributed by atoms with Crippen LogP contribution in [0.2, 0.25) is 0 Å². The molecule has 8 heteroatoms. The molecule has 2 amide bonds. The second kappa shape index (κ2) is 9.89. The molecule has 0 aromatic heterocycles. The van der Waals surface area contributed by atoms with Crippen LogP contribution in [0.3, 0.4) is 0 Å². The van der Waals surface area contributed by atoms with Gasteiger partial charge in [0.25, 0.3) is 5.91 Å². The summed E-state index contributed by atoms with van der Waals surface area (Å²) in [6.07, 6.45) is 5.06. The summed E-state index contributed by atoms with van der Waals surface area (Å²) in [6, 6.07) is 14.0. The van der Waals surface area contributed by atoms with Crippen LogP contribution in [0.25, 0.3) is 0 Å². The molecule has 2 N–H and O–H groups in total. The van der Waals surface area contributed by atoms with Gasteiger partial charge in [0.15, 0.2) is 0 Å². The number of carbonyl (C=O) groups excluding carboxylic acids is 2. The van der Waals surface area contributed by atoms with Crippen LogP contribution in [0.4, 0.5) is 0 Å². The average molecular weight is 468 g/mol. The summed E-state index contributed by atoms with van der Waals surface area (Å²) in [4.78, 5) is 24.5. The number of amides is 2. The molecule has 0 saturated carbocycles. The molecule has 2 aromatic rings. The monoisotopic (exact) mass is 467 g/mol. The molecule has 4 rings (SSSR count). The fourth-order valence-electron chi connectivity index (χ4n) is 4.56. The summed E-state index contributed by atoms with van der Waals surface area (Å²) in [5.74, 6) is -0.515. The Hall–Kier alpha value is -2.97. The van der Waals surface area contributed by atoms with Crippen molar-refractivity contribution in [2.75, 3.05) is 13.1 Å². The molecule has 0 bridgehead atoms. The van der Waals surface area contributed by atoms with E-state index in [1.165, 1.54) is 33.6 Å². The van der Waals surface area contributed by atoms with Crippen LogP contribution in [0.1, 0.15) is 40.7 Å². The molecule has 1 unspecified atom stereocenters. The third-order valence-corrected chi connectivity index (χ3v) is 8.19. The number of hydrogen-bond donors (Lipinski definition) is 2. The molecule has 1 aliphatic heterocycles. The highest BCUT2D eigenvalue weighted by atomic mass is 32.2. The highest BCUT2D eigenvalue weighted by molar-refractivity contribution is 7.89. The summed E-state index contributed by atoms with van der Waals surface area (Å²) >= 11 is 0. The number of nitrogens with one attached hydrogen (secondary N) is 2. The first-order chi connectivity index (χ1) is 15.9. The first-order valence-corrected chi connectivity index (χ1v) is 12.7. The Labute approximate surface area is 194 Å². The van der Waals surface area contributed by atoms with Crippen molar-refractivity contribution in [3.63, 3.8) is 0 Å². The van der Waals surface area contributed by atoms with Crippen molar-refractivity contribution >= 4 is 21.8 Å². The second-order valence-corrected chi connectivity index (χ2v) is 10.6. The maximum Gasteiger partial charge on any atom is 0.251 e. The van der Waals surface area contributed by atoms with Gasteiger partial charge in [-0.2, -0.15) is 4.31 Å². The topological polar surface area (TPSA) is 95.6 Å².